The number of aromatic nitrogens is 2. The van der Waals surface area contributed by atoms with Crippen LogP contribution in [0.1, 0.15) is 16.1 Å². The number of carbonyl (C=O) groups is 1. The van der Waals surface area contributed by atoms with Crippen LogP contribution in [0.5, 0.6) is 0 Å². The molecule has 0 unspecified atom stereocenters. The van der Waals surface area contributed by atoms with Crippen LogP contribution in [-0.2, 0) is 13.6 Å². The lowest BCUT2D eigenvalue weighted by molar-refractivity contribution is 0.0621. The summed E-state index contributed by atoms with van der Waals surface area (Å²) in [7, 11) is 1.78. The smallest absolute Gasteiger partial charge is 0.275 e. The maximum absolute atomic E-state index is 13.1. The van der Waals surface area contributed by atoms with Crippen LogP contribution in [0.2, 0.25) is 5.02 Å². The van der Waals surface area contributed by atoms with Gasteiger partial charge in [-0.2, -0.15) is 5.10 Å². The molecule has 2 aromatic rings. The molecular weight excluding hydrogens is 399 g/mol. The van der Waals surface area contributed by atoms with E-state index in [1.807, 2.05) is 0 Å². The Morgan fingerprint density at radius 3 is 2.62 bits per heavy atom. The number of aryl methyl sites for hydroxylation is 1. The van der Waals surface area contributed by atoms with Crippen LogP contribution in [-0.4, -0.2) is 51.7 Å². The van der Waals surface area contributed by atoms with Crippen molar-refractivity contribution in [1.29, 1.82) is 0 Å². The lowest BCUT2D eigenvalue weighted by Crippen LogP contribution is -2.48. The summed E-state index contributed by atoms with van der Waals surface area (Å²) in [6.45, 7) is 3.38. The van der Waals surface area contributed by atoms with Crippen molar-refractivity contribution < 1.29 is 9.18 Å². The van der Waals surface area contributed by atoms with Gasteiger partial charge < -0.3 is 4.90 Å². The van der Waals surface area contributed by atoms with Gasteiger partial charge in [0.15, 0.2) is 5.69 Å². The van der Waals surface area contributed by atoms with E-state index in [1.54, 1.807) is 28.9 Å². The van der Waals surface area contributed by atoms with Crippen LogP contribution in [0.3, 0.4) is 0 Å². The van der Waals surface area contributed by atoms with Crippen molar-refractivity contribution in [2.75, 3.05) is 26.2 Å². The predicted molar refractivity (Wildman–Crippen MR) is 93.5 cm³/mol. The van der Waals surface area contributed by atoms with Crippen molar-refractivity contribution in [3.63, 3.8) is 0 Å². The van der Waals surface area contributed by atoms with E-state index in [1.165, 1.54) is 12.1 Å². The fourth-order valence-electron chi connectivity index (χ4n) is 2.75. The monoisotopic (exact) mass is 414 g/mol. The van der Waals surface area contributed by atoms with Crippen LogP contribution in [0.15, 0.2) is 28.9 Å². The fraction of sp³-hybridized carbons (Fsp3) is 0.375. The molecule has 0 saturated carbocycles. The zero-order valence-corrected chi connectivity index (χ0v) is 15.5. The summed E-state index contributed by atoms with van der Waals surface area (Å²) in [4.78, 5) is 16.5. The van der Waals surface area contributed by atoms with Crippen molar-refractivity contribution in [3.05, 3.63) is 51.0 Å². The molecule has 0 spiro atoms. The highest BCUT2D eigenvalue weighted by molar-refractivity contribution is 9.10. The molecule has 0 radical (unpaired) electrons. The Kier molecular flexibility index (Phi) is 5.22. The second-order valence-electron chi connectivity index (χ2n) is 5.80. The van der Waals surface area contributed by atoms with Gasteiger partial charge in [-0.05, 0) is 33.6 Å². The Morgan fingerprint density at radius 1 is 1.33 bits per heavy atom. The van der Waals surface area contributed by atoms with Crippen molar-refractivity contribution in [1.82, 2.24) is 19.6 Å². The van der Waals surface area contributed by atoms with Gasteiger partial charge in [-0.1, -0.05) is 17.7 Å². The molecule has 1 aliphatic rings. The minimum Gasteiger partial charge on any atom is -0.335 e. The molecule has 1 amide bonds. The van der Waals surface area contributed by atoms with Gasteiger partial charge in [0.25, 0.3) is 5.91 Å². The highest BCUT2D eigenvalue weighted by Gasteiger charge is 2.25. The quantitative estimate of drug-likeness (QED) is 0.774. The summed E-state index contributed by atoms with van der Waals surface area (Å²) in [5.41, 5.74) is 1.33. The average Bonchev–Trinajstić information content (AvgIpc) is 2.88. The number of benzene rings is 1. The number of hydrogen-bond acceptors (Lipinski definition) is 3. The van der Waals surface area contributed by atoms with E-state index in [2.05, 4.69) is 25.9 Å². The van der Waals surface area contributed by atoms with E-state index < -0.39 is 0 Å². The molecule has 1 aromatic heterocycles. The first-order valence-electron chi connectivity index (χ1n) is 7.59. The lowest BCUT2D eigenvalue weighted by atomic mass is 10.2. The number of carbonyl (C=O) groups excluding carboxylic acids is 1. The Labute approximate surface area is 153 Å². The predicted octanol–water partition coefficient (Wildman–Crippen LogP) is 2.93. The van der Waals surface area contributed by atoms with E-state index in [0.717, 1.165) is 18.7 Å². The summed E-state index contributed by atoms with van der Waals surface area (Å²) in [6, 6.07) is 4.45. The number of amides is 1. The van der Waals surface area contributed by atoms with Crippen LogP contribution in [0.25, 0.3) is 0 Å². The minimum atomic E-state index is -0.333. The molecule has 1 fully saturated rings. The maximum Gasteiger partial charge on any atom is 0.275 e. The third kappa shape index (κ3) is 3.79. The first kappa shape index (κ1) is 17.4. The van der Waals surface area contributed by atoms with Gasteiger partial charge in [0, 0.05) is 51.0 Å². The lowest BCUT2D eigenvalue weighted by Gasteiger charge is -2.34. The van der Waals surface area contributed by atoms with Crippen molar-refractivity contribution in [2.24, 2.45) is 7.05 Å². The van der Waals surface area contributed by atoms with Crippen LogP contribution >= 0.6 is 27.5 Å². The van der Waals surface area contributed by atoms with Gasteiger partial charge in [-0.3, -0.25) is 14.4 Å². The Hall–Kier alpha value is -1.44. The molecule has 0 N–H and O–H groups in total. The van der Waals surface area contributed by atoms with Gasteiger partial charge in [-0.15, -0.1) is 0 Å². The highest BCUT2D eigenvalue weighted by Crippen LogP contribution is 2.21. The van der Waals surface area contributed by atoms with E-state index in [0.29, 0.717) is 34.8 Å². The number of hydrogen-bond donors (Lipinski definition) is 0. The zero-order valence-electron chi connectivity index (χ0n) is 13.2. The number of nitrogens with zero attached hydrogens (tertiary/aromatic N) is 4. The molecule has 2 heterocycles. The molecular formula is C16H17BrClFN4O. The molecule has 0 aliphatic carbocycles. The number of piperazine rings is 1. The summed E-state index contributed by atoms with van der Waals surface area (Å²) in [6.07, 6.45) is 1.76. The Bertz CT molecular complexity index is 759. The number of rotatable bonds is 3. The summed E-state index contributed by atoms with van der Waals surface area (Å²) in [5.74, 6) is -0.401. The topological polar surface area (TPSA) is 41.4 Å². The van der Waals surface area contributed by atoms with E-state index in [9.17, 15) is 9.18 Å². The first-order chi connectivity index (χ1) is 11.4. The second kappa shape index (κ2) is 7.21. The third-order valence-corrected chi connectivity index (χ3v) is 4.99. The normalized spacial score (nSPS) is 15.8. The second-order valence-corrected chi connectivity index (χ2v) is 7.06. The summed E-state index contributed by atoms with van der Waals surface area (Å²) >= 11 is 9.45. The average molecular weight is 416 g/mol. The van der Waals surface area contributed by atoms with E-state index in [4.69, 9.17) is 11.6 Å². The van der Waals surface area contributed by atoms with Crippen LogP contribution in [0, 0.1) is 5.82 Å². The van der Waals surface area contributed by atoms with Crippen LogP contribution < -0.4 is 0 Å². The Balaban J connectivity index is 1.59. The summed E-state index contributed by atoms with van der Waals surface area (Å²) < 4.78 is 15.4. The van der Waals surface area contributed by atoms with Crippen molar-refractivity contribution in [3.8, 4) is 0 Å². The zero-order chi connectivity index (χ0) is 17.3. The standard InChI is InChI=1S/C16H17BrClFN4O/c1-21-10-13(17)15(20-21)16(24)23-6-4-22(5-7-23)9-11-2-3-12(19)8-14(11)18/h2-3,8,10H,4-7,9H2,1H3. The van der Waals surface area contributed by atoms with Gasteiger partial charge in [0.1, 0.15) is 5.82 Å². The molecule has 8 heteroatoms. The highest BCUT2D eigenvalue weighted by atomic mass is 79.9. The molecule has 1 aromatic carbocycles. The van der Waals surface area contributed by atoms with Gasteiger partial charge in [-0.25, -0.2) is 4.39 Å². The third-order valence-electron chi connectivity index (χ3n) is 4.06. The molecule has 24 heavy (non-hydrogen) atoms. The molecule has 1 aliphatic heterocycles. The fourth-order valence-corrected chi connectivity index (χ4v) is 3.53. The maximum atomic E-state index is 13.1. The van der Waals surface area contributed by atoms with Crippen LogP contribution in [0.4, 0.5) is 4.39 Å². The molecule has 5 nitrogen and oxygen atoms in total. The SMILES string of the molecule is Cn1cc(Br)c(C(=O)N2CCN(Cc3ccc(F)cc3Cl)CC2)n1. The minimum absolute atomic E-state index is 0.0676. The van der Waals surface area contributed by atoms with E-state index in [-0.39, 0.29) is 11.7 Å². The molecule has 0 bridgehead atoms. The van der Waals surface area contributed by atoms with Crippen molar-refractivity contribution in [2.45, 2.75) is 6.54 Å². The molecule has 128 valence electrons. The first-order valence-corrected chi connectivity index (χ1v) is 8.76. The summed E-state index contributed by atoms with van der Waals surface area (Å²) in [5, 5.41) is 4.64. The van der Waals surface area contributed by atoms with Gasteiger partial charge >= 0.3 is 0 Å². The molecule has 0 atom stereocenters. The Morgan fingerprint density at radius 2 is 2.04 bits per heavy atom. The number of halogens is 3. The van der Waals surface area contributed by atoms with Gasteiger partial charge in [0.05, 0.1) is 4.47 Å². The molecule has 1 saturated heterocycles. The largest absolute Gasteiger partial charge is 0.335 e. The van der Waals surface area contributed by atoms with Gasteiger partial charge in [0.2, 0.25) is 0 Å². The molecule has 3 rings (SSSR count). The van der Waals surface area contributed by atoms with E-state index >= 15 is 0 Å². The van der Waals surface area contributed by atoms with Crippen molar-refractivity contribution >= 4 is 33.4 Å².